The van der Waals surface area contributed by atoms with E-state index in [9.17, 15) is 0 Å². The first-order valence-corrected chi connectivity index (χ1v) is 6.42. The van der Waals surface area contributed by atoms with Gasteiger partial charge in [-0.2, -0.15) is 5.10 Å². The molecule has 0 saturated heterocycles. The van der Waals surface area contributed by atoms with E-state index in [-0.39, 0.29) is 6.04 Å². The lowest BCUT2D eigenvalue weighted by Crippen LogP contribution is -2.18. The third kappa shape index (κ3) is 3.46. The minimum atomic E-state index is 0.116. The van der Waals surface area contributed by atoms with Crippen LogP contribution in [-0.4, -0.2) is 21.2 Å². The summed E-state index contributed by atoms with van der Waals surface area (Å²) in [5, 5.41) is 8.09. The van der Waals surface area contributed by atoms with Gasteiger partial charge in [0.25, 0.3) is 0 Å². The van der Waals surface area contributed by atoms with Crippen LogP contribution in [0.4, 0.5) is 0 Å². The van der Waals surface area contributed by atoms with Crippen LogP contribution in [0, 0.1) is 0 Å². The molecule has 0 fully saturated rings. The van der Waals surface area contributed by atoms with Crippen LogP contribution in [0.3, 0.4) is 0 Å². The van der Waals surface area contributed by atoms with E-state index in [0.29, 0.717) is 5.02 Å². The lowest BCUT2D eigenvalue weighted by molar-refractivity contribution is 0.729. The number of nitrogens with two attached hydrogens (primary N) is 1. The van der Waals surface area contributed by atoms with E-state index in [1.807, 2.05) is 25.1 Å². The summed E-state index contributed by atoms with van der Waals surface area (Å²) in [5.41, 5.74) is 7.00. The maximum Gasteiger partial charge on any atom is 0.188 e. The molecule has 17 heavy (non-hydrogen) atoms. The van der Waals surface area contributed by atoms with Crippen molar-refractivity contribution in [3.63, 3.8) is 0 Å². The highest BCUT2D eigenvalue weighted by Crippen LogP contribution is 2.30. The molecular formula is C11H13ClN4S. The van der Waals surface area contributed by atoms with Gasteiger partial charge in [-0.05, 0) is 31.0 Å². The molecule has 0 saturated carbocycles. The maximum atomic E-state index is 6.00. The lowest BCUT2D eigenvalue weighted by Gasteiger charge is -2.10. The van der Waals surface area contributed by atoms with Crippen molar-refractivity contribution in [3.05, 3.63) is 35.1 Å². The van der Waals surface area contributed by atoms with E-state index in [4.69, 9.17) is 17.3 Å². The molecular weight excluding hydrogens is 256 g/mol. The molecule has 3 N–H and O–H groups in total. The molecule has 1 aromatic carbocycles. The van der Waals surface area contributed by atoms with Crippen molar-refractivity contribution in [2.24, 2.45) is 5.73 Å². The highest BCUT2D eigenvalue weighted by Gasteiger charge is 2.09. The molecule has 0 spiro atoms. The summed E-state index contributed by atoms with van der Waals surface area (Å²) in [6.45, 7) is 1.98. The third-order valence-corrected chi connectivity index (χ3v) is 3.40. The molecule has 0 aliphatic heterocycles. The van der Waals surface area contributed by atoms with Crippen molar-refractivity contribution in [2.75, 3.05) is 0 Å². The smallest absolute Gasteiger partial charge is 0.188 e. The number of hydrogen-bond acceptors (Lipinski definition) is 4. The molecule has 1 heterocycles. The fraction of sp³-hybridized carbons (Fsp3) is 0.273. The molecule has 1 atom stereocenters. The Morgan fingerprint density at radius 2 is 2.35 bits per heavy atom. The summed E-state index contributed by atoms with van der Waals surface area (Å²) < 4.78 is 0. The Morgan fingerprint density at radius 1 is 1.53 bits per heavy atom. The highest BCUT2D eigenvalue weighted by molar-refractivity contribution is 7.99. The van der Waals surface area contributed by atoms with Crippen LogP contribution < -0.4 is 5.73 Å². The Labute approximate surface area is 109 Å². The van der Waals surface area contributed by atoms with Crippen LogP contribution in [0.2, 0.25) is 5.02 Å². The van der Waals surface area contributed by atoms with Crippen LogP contribution in [0.15, 0.2) is 34.6 Å². The fourth-order valence-corrected chi connectivity index (χ4v) is 2.60. The number of H-pyrrole nitrogens is 1. The van der Waals surface area contributed by atoms with E-state index >= 15 is 0 Å². The second-order valence-corrected chi connectivity index (χ2v) is 5.29. The van der Waals surface area contributed by atoms with Crippen LogP contribution in [0.5, 0.6) is 0 Å². The van der Waals surface area contributed by atoms with E-state index in [0.717, 1.165) is 16.5 Å². The molecule has 6 heteroatoms. The van der Waals surface area contributed by atoms with E-state index in [2.05, 4.69) is 15.2 Å². The molecule has 0 amide bonds. The van der Waals surface area contributed by atoms with Crippen molar-refractivity contribution in [1.82, 2.24) is 15.2 Å². The third-order valence-electron chi connectivity index (χ3n) is 2.17. The standard InChI is InChI=1S/C11H13ClN4S/c1-7(13)4-8-2-3-9(12)5-10(8)17-11-14-6-15-16-11/h2-3,5-7H,4,13H2,1H3,(H,14,15,16). The first-order valence-electron chi connectivity index (χ1n) is 5.22. The molecule has 0 bridgehead atoms. The average molecular weight is 269 g/mol. The molecule has 2 rings (SSSR count). The molecule has 1 aromatic heterocycles. The Bertz CT molecular complexity index is 484. The molecule has 0 aliphatic carbocycles. The predicted molar refractivity (Wildman–Crippen MR) is 69.3 cm³/mol. The topological polar surface area (TPSA) is 67.6 Å². The number of nitrogens with one attached hydrogen (secondary N) is 1. The highest BCUT2D eigenvalue weighted by atomic mass is 35.5. The SMILES string of the molecule is CC(N)Cc1ccc(Cl)cc1Sc1ncn[nH]1. The lowest BCUT2D eigenvalue weighted by atomic mass is 10.1. The number of rotatable bonds is 4. The van der Waals surface area contributed by atoms with Crippen molar-refractivity contribution in [1.29, 1.82) is 0 Å². The van der Waals surface area contributed by atoms with Crippen molar-refractivity contribution in [3.8, 4) is 0 Å². The molecule has 0 aliphatic rings. The second kappa shape index (κ2) is 5.53. The molecule has 2 aromatic rings. The average Bonchev–Trinajstić information content (AvgIpc) is 2.74. The zero-order chi connectivity index (χ0) is 12.3. The molecule has 4 nitrogen and oxygen atoms in total. The van der Waals surface area contributed by atoms with Crippen molar-refractivity contribution >= 4 is 23.4 Å². The summed E-state index contributed by atoms with van der Waals surface area (Å²) in [5.74, 6) is 0. The van der Waals surface area contributed by atoms with Gasteiger partial charge in [-0.1, -0.05) is 29.4 Å². The number of aromatic amines is 1. The predicted octanol–water partition coefficient (Wildman–Crippen LogP) is 2.50. The number of benzene rings is 1. The minimum absolute atomic E-state index is 0.116. The number of aromatic nitrogens is 3. The zero-order valence-electron chi connectivity index (χ0n) is 9.35. The summed E-state index contributed by atoms with van der Waals surface area (Å²) in [6.07, 6.45) is 2.30. The van der Waals surface area contributed by atoms with E-state index < -0.39 is 0 Å². The van der Waals surface area contributed by atoms with Crippen molar-refractivity contribution in [2.45, 2.75) is 29.4 Å². The number of hydrogen-bond donors (Lipinski definition) is 2. The molecule has 0 radical (unpaired) electrons. The molecule has 1 unspecified atom stereocenters. The Hall–Kier alpha value is -1.04. The number of halogens is 1. The van der Waals surface area contributed by atoms with Gasteiger partial charge in [-0.3, -0.25) is 5.10 Å². The first-order chi connectivity index (χ1) is 8.15. The minimum Gasteiger partial charge on any atom is -0.328 e. The van der Waals surface area contributed by atoms with Crippen LogP contribution in [0.1, 0.15) is 12.5 Å². The van der Waals surface area contributed by atoms with Crippen LogP contribution in [0.25, 0.3) is 0 Å². The summed E-state index contributed by atoms with van der Waals surface area (Å²) in [7, 11) is 0. The van der Waals surface area contributed by atoms with Gasteiger partial charge in [-0.15, -0.1) is 0 Å². The van der Waals surface area contributed by atoms with Gasteiger partial charge in [0.05, 0.1) is 0 Å². The Morgan fingerprint density at radius 3 is 3.00 bits per heavy atom. The Balaban J connectivity index is 2.26. The summed E-state index contributed by atoms with van der Waals surface area (Å²) in [6, 6.07) is 5.92. The van der Waals surface area contributed by atoms with Gasteiger partial charge in [0.2, 0.25) is 0 Å². The van der Waals surface area contributed by atoms with Gasteiger partial charge in [0.1, 0.15) is 6.33 Å². The van der Waals surface area contributed by atoms with Gasteiger partial charge >= 0.3 is 0 Å². The fourth-order valence-electron chi connectivity index (χ4n) is 1.49. The first kappa shape index (κ1) is 12.4. The monoisotopic (exact) mass is 268 g/mol. The number of nitrogens with zero attached hydrogens (tertiary/aromatic N) is 2. The quantitative estimate of drug-likeness (QED) is 0.894. The largest absolute Gasteiger partial charge is 0.328 e. The van der Waals surface area contributed by atoms with Crippen molar-refractivity contribution < 1.29 is 0 Å². The van der Waals surface area contributed by atoms with Gasteiger partial charge < -0.3 is 5.73 Å². The summed E-state index contributed by atoms with van der Waals surface area (Å²) in [4.78, 5) is 5.15. The van der Waals surface area contributed by atoms with Crippen LogP contribution >= 0.6 is 23.4 Å². The van der Waals surface area contributed by atoms with E-state index in [1.165, 1.54) is 23.7 Å². The van der Waals surface area contributed by atoms with E-state index in [1.54, 1.807) is 0 Å². The normalized spacial score (nSPS) is 12.6. The Kier molecular flexibility index (Phi) is 4.04. The molecule has 90 valence electrons. The van der Waals surface area contributed by atoms with Gasteiger partial charge in [0, 0.05) is 16.0 Å². The van der Waals surface area contributed by atoms with Gasteiger partial charge in [-0.25, -0.2) is 4.98 Å². The maximum absolute atomic E-state index is 6.00. The van der Waals surface area contributed by atoms with Gasteiger partial charge in [0.15, 0.2) is 5.16 Å². The second-order valence-electron chi connectivity index (χ2n) is 3.83. The zero-order valence-corrected chi connectivity index (χ0v) is 10.9. The van der Waals surface area contributed by atoms with Crippen LogP contribution in [-0.2, 0) is 6.42 Å². The summed E-state index contributed by atoms with van der Waals surface area (Å²) >= 11 is 7.51.